The van der Waals surface area contributed by atoms with Crippen molar-refractivity contribution in [3.05, 3.63) is 24.3 Å². The molecule has 0 aromatic heterocycles. The van der Waals surface area contributed by atoms with Crippen LogP contribution in [-0.2, 0) is 0 Å². The maximum absolute atomic E-state index is 5.85. The van der Waals surface area contributed by atoms with Gasteiger partial charge in [-0.15, -0.1) is 24.8 Å². The first-order chi connectivity index (χ1) is 6.79. The topological polar surface area (TPSA) is 38.5 Å². The fraction of sp³-hybridized carbons (Fsp3) is 0.455. The molecule has 16 heavy (non-hydrogen) atoms. The zero-order valence-corrected chi connectivity index (χ0v) is 10.9. The molecule has 0 saturated carbocycles. The Balaban J connectivity index is 0.00000112. The third-order valence-corrected chi connectivity index (χ3v) is 2.66. The Labute approximate surface area is 109 Å². The number of hydrogen-bond acceptors (Lipinski definition) is 3. The molecule has 0 radical (unpaired) electrons. The van der Waals surface area contributed by atoms with Crippen LogP contribution in [0, 0.1) is 0 Å². The van der Waals surface area contributed by atoms with Crippen LogP contribution in [-0.4, -0.2) is 26.2 Å². The lowest BCUT2D eigenvalue weighted by molar-refractivity contribution is 0.415. The highest BCUT2D eigenvalue weighted by Crippen LogP contribution is 2.22. The van der Waals surface area contributed by atoms with E-state index in [1.165, 1.54) is 5.69 Å². The number of nitrogens with two attached hydrogens (primary N) is 1. The second kappa shape index (κ2) is 6.84. The summed E-state index contributed by atoms with van der Waals surface area (Å²) >= 11 is 0. The van der Waals surface area contributed by atoms with E-state index >= 15 is 0 Å². The lowest BCUT2D eigenvalue weighted by Crippen LogP contribution is -2.26. The molecule has 1 fully saturated rings. The molecule has 2 N–H and O–H groups in total. The Kier molecular flexibility index (Phi) is 6.56. The molecule has 1 aromatic carbocycles. The van der Waals surface area contributed by atoms with Gasteiger partial charge in [-0.05, 0) is 30.7 Å². The number of nitrogens with zero attached hydrogens (tertiary/aromatic N) is 1. The summed E-state index contributed by atoms with van der Waals surface area (Å²) in [6.07, 6.45) is 1.09. The minimum atomic E-state index is 0. The first-order valence-corrected chi connectivity index (χ1v) is 4.94. The average molecular weight is 265 g/mol. The number of halogens is 2. The molecular formula is C11H18Cl2N2O. The lowest BCUT2D eigenvalue weighted by Gasteiger charge is -2.18. The molecular weight excluding hydrogens is 247 g/mol. The first-order valence-electron chi connectivity index (χ1n) is 4.94. The smallest absolute Gasteiger partial charge is 0.119 e. The molecule has 3 nitrogen and oxygen atoms in total. The largest absolute Gasteiger partial charge is 0.497 e. The van der Waals surface area contributed by atoms with E-state index in [0.29, 0.717) is 6.04 Å². The quantitative estimate of drug-likeness (QED) is 0.889. The van der Waals surface area contributed by atoms with E-state index in [9.17, 15) is 0 Å². The fourth-order valence-electron chi connectivity index (χ4n) is 1.81. The average Bonchev–Trinajstić information content (AvgIpc) is 2.65. The Hall–Kier alpha value is -0.640. The van der Waals surface area contributed by atoms with Gasteiger partial charge in [0.25, 0.3) is 0 Å². The van der Waals surface area contributed by atoms with Crippen molar-refractivity contribution >= 4 is 30.5 Å². The monoisotopic (exact) mass is 264 g/mol. The van der Waals surface area contributed by atoms with Crippen molar-refractivity contribution < 1.29 is 4.74 Å². The highest BCUT2D eigenvalue weighted by molar-refractivity contribution is 5.85. The Bertz CT molecular complexity index is 305. The van der Waals surface area contributed by atoms with Crippen LogP contribution in [0.2, 0.25) is 0 Å². The predicted octanol–water partition coefficient (Wildman–Crippen LogP) is 2.08. The molecule has 0 aliphatic carbocycles. The molecule has 0 unspecified atom stereocenters. The van der Waals surface area contributed by atoms with Crippen LogP contribution in [0.4, 0.5) is 5.69 Å². The van der Waals surface area contributed by atoms with Crippen LogP contribution >= 0.6 is 24.8 Å². The molecule has 1 saturated heterocycles. The van der Waals surface area contributed by atoms with Crippen LogP contribution in [0.1, 0.15) is 6.42 Å². The Morgan fingerprint density at radius 3 is 2.31 bits per heavy atom. The number of benzene rings is 1. The van der Waals surface area contributed by atoms with Gasteiger partial charge in [-0.2, -0.15) is 0 Å². The van der Waals surface area contributed by atoms with E-state index in [0.717, 1.165) is 25.3 Å². The van der Waals surface area contributed by atoms with E-state index in [4.69, 9.17) is 10.5 Å². The summed E-state index contributed by atoms with van der Waals surface area (Å²) in [5.41, 5.74) is 7.09. The van der Waals surface area contributed by atoms with Crippen molar-refractivity contribution in [1.29, 1.82) is 0 Å². The third kappa shape index (κ3) is 3.44. The van der Waals surface area contributed by atoms with Crippen LogP contribution in [0.15, 0.2) is 24.3 Å². The molecule has 1 aromatic rings. The molecule has 1 aliphatic heterocycles. The van der Waals surface area contributed by atoms with Crippen molar-refractivity contribution in [3.63, 3.8) is 0 Å². The van der Waals surface area contributed by atoms with Crippen molar-refractivity contribution in [2.75, 3.05) is 25.1 Å². The number of anilines is 1. The number of ether oxygens (including phenoxy) is 1. The van der Waals surface area contributed by atoms with Gasteiger partial charge in [0, 0.05) is 24.8 Å². The van der Waals surface area contributed by atoms with E-state index in [2.05, 4.69) is 17.0 Å². The maximum Gasteiger partial charge on any atom is 0.119 e. The van der Waals surface area contributed by atoms with Crippen LogP contribution in [0.3, 0.4) is 0 Å². The van der Waals surface area contributed by atoms with Gasteiger partial charge in [0.15, 0.2) is 0 Å². The van der Waals surface area contributed by atoms with E-state index in [1.54, 1.807) is 7.11 Å². The van der Waals surface area contributed by atoms with Crippen molar-refractivity contribution in [3.8, 4) is 5.75 Å². The lowest BCUT2D eigenvalue weighted by atomic mass is 10.3. The number of rotatable bonds is 2. The van der Waals surface area contributed by atoms with Gasteiger partial charge in [0.05, 0.1) is 7.11 Å². The minimum absolute atomic E-state index is 0. The van der Waals surface area contributed by atoms with E-state index < -0.39 is 0 Å². The third-order valence-electron chi connectivity index (χ3n) is 2.66. The predicted molar refractivity (Wildman–Crippen MR) is 72.3 cm³/mol. The van der Waals surface area contributed by atoms with Gasteiger partial charge < -0.3 is 15.4 Å². The molecule has 0 bridgehead atoms. The van der Waals surface area contributed by atoms with E-state index in [1.807, 2.05) is 12.1 Å². The highest BCUT2D eigenvalue weighted by atomic mass is 35.5. The second-order valence-electron chi connectivity index (χ2n) is 3.69. The minimum Gasteiger partial charge on any atom is -0.497 e. The van der Waals surface area contributed by atoms with E-state index in [-0.39, 0.29) is 24.8 Å². The van der Waals surface area contributed by atoms with Crippen molar-refractivity contribution in [1.82, 2.24) is 0 Å². The zero-order chi connectivity index (χ0) is 9.97. The summed E-state index contributed by atoms with van der Waals surface area (Å²) in [6, 6.07) is 8.46. The molecule has 2 rings (SSSR count). The molecule has 0 amide bonds. The molecule has 1 atom stereocenters. The standard InChI is InChI=1S/C11H16N2O.2ClH/c1-14-11-4-2-10(3-5-11)13-7-6-9(12)8-13;;/h2-5,9H,6-8,12H2,1H3;2*1H/t9-;;/m1../s1. The Morgan fingerprint density at radius 2 is 1.88 bits per heavy atom. The van der Waals surface area contributed by atoms with Gasteiger partial charge >= 0.3 is 0 Å². The summed E-state index contributed by atoms with van der Waals surface area (Å²) in [6.45, 7) is 2.03. The van der Waals surface area contributed by atoms with Gasteiger partial charge in [-0.3, -0.25) is 0 Å². The second-order valence-corrected chi connectivity index (χ2v) is 3.69. The van der Waals surface area contributed by atoms with Gasteiger partial charge in [0.2, 0.25) is 0 Å². The summed E-state index contributed by atoms with van der Waals surface area (Å²) in [5, 5.41) is 0. The van der Waals surface area contributed by atoms with Crippen molar-refractivity contribution in [2.24, 2.45) is 5.73 Å². The zero-order valence-electron chi connectivity index (χ0n) is 9.26. The summed E-state index contributed by atoms with van der Waals surface area (Å²) in [4.78, 5) is 2.31. The summed E-state index contributed by atoms with van der Waals surface area (Å²) in [7, 11) is 1.68. The maximum atomic E-state index is 5.85. The van der Waals surface area contributed by atoms with Gasteiger partial charge in [-0.25, -0.2) is 0 Å². The Morgan fingerprint density at radius 1 is 1.25 bits per heavy atom. The van der Waals surface area contributed by atoms with Gasteiger partial charge in [-0.1, -0.05) is 0 Å². The SMILES string of the molecule is COc1ccc(N2CC[C@@H](N)C2)cc1.Cl.Cl. The number of methoxy groups -OCH3 is 1. The fourth-order valence-corrected chi connectivity index (χ4v) is 1.81. The highest BCUT2D eigenvalue weighted by Gasteiger charge is 2.18. The molecule has 92 valence electrons. The normalized spacial score (nSPS) is 18.6. The number of hydrogen-bond donors (Lipinski definition) is 1. The van der Waals surface area contributed by atoms with Crippen molar-refractivity contribution in [2.45, 2.75) is 12.5 Å². The van der Waals surface area contributed by atoms with Crippen LogP contribution in [0.5, 0.6) is 5.75 Å². The van der Waals surface area contributed by atoms with Crippen LogP contribution < -0.4 is 15.4 Å². The molecule has 1 aliphatic rings. The molecule has 5 heteroatoms. The summed E-state index contributed by atoms with van der Waals surface area (Å²) in [5.74, 6) is 0.900. The first kappa shape index (κ1) is 15.4. The molecule has 1 heterocycles. The van der Waals surface area contributed by atoms with Crippen LogP contribution in [0.25, 0.3) is 0 Å². The summed E-state index contributed by atoms with van der Waals surface area (Å²) < 4.78 is 5.11. The molecule has 0 spiro atoms. The van der Waals surface area contributed by atoms with Gasteiger partial charge in [0.1, 0.15) is 5.75 Å².